The van der Waals surface area contributed by atoms with Crippen molar-refractivity contribution in [1.82, 2.24) is 0 Å². The van der Waals surface area contributed by atoms with Crippen LogP contribution in [0, 0.1) is 12.3 Å². The number of ether oxygens (including phenoxy) is 2. The van der Waals surface area contributed by atoms with Crippen LogP contribution in [0.4, 0.5) is 0 Å². The molecule has 0 saturated carbocycles. The second-order valence-electron chi connectivity index (χ2n) is 5.75. The molecule has 0 heterocycles. The van der Waals surface area contributed by atoms with Gasteiger partial charge < -0.3 is 9.47 Å². The molecule has 1 aromatic rings. The van der Waals surface area contributed by atoms with Gasteiger partial charge in [0.15, 0.2) is 5.78 Å². The molecule has 0 aromatic heterocycles. The van der Waals surface area contributed by atoms with E-state index < -0.39 is 6.10 Å². The van der Waals surface area contributed by atoms with Gasteiger partial charge in [-0.2, -0.15) is 0 Å². The maximum atomic E-state index is 12.6. The van der Waals surface area contributed by atoms with Crippen LogP contribution in [0.15, 0.2) is 18.2 Å². The SMILES string of the molecule is CCOC(C(=O)c1ccc(OC)cc1C)C(C)(C)C. The third-order valence-electron chi connectivity index (χ3n) is 3.06. The monoisotopic (exact) mass is 264 g/mol. The number of rotatable bonds is 5. The van der Waals surface area contributed by atoms with Crippen LogP contribution in [-0.2, 0) is 4.74 Å². The molecule has 19 heavy (non-hydrogen) atoms. The van der Waals surface area contributed by atoms with Crippen LogP contribution >= 0.6 is 0 Å². The van der Waals surface area contributed by atoms with E-state index in [1.807, 2.05) is 52.8 Å². The zero-order valence-corrected chi connectivity index (χ0v) is 12.7. The lowest BCUT2D eigenvalue weighted by molar-refractivity contribution is -0.000265. The zero-order chi connectivity index (χ0) is 14.6. The zero-order valence-electron chi connectivity index (χ0n) is 12.7. The fourth-order valence-electron chi connectivity index (χ4n) is 2.07. The third-order valence-corrected chi connectivity index (χ3v) is 3.06. The Labute approximate surface area is 115 Å². The van der Waals surface area contributed by atoms with Gasteiger partial charge >= 0.3 is 0 Å². The van der Waals surface area contributed by atoms with E-state index in [0.717, 1.165) is 11.3 Å². The minimum atomic E-state index is -0.426. The van der Waals surface area contributed by atoms with Crippen LogP contribution in [0.2, 0.25) is 0 Å². The third kappa shape index (κ3) is 3.80. The first-order valence-electron chi connectivity index (χ1n) is 6.61. The molecule has 0 aliphatic heterocycles. The quantitative estimate of drug-likeness (QED) is 0.762. The summed E-state index contributed by atoms with van der Waals surface area (Å²) >= 11 is 0. The molecular formula is C16H24O3. The summed E-state index contributed by atoms with van der Waals surface area (Å²) in [5.41, 5.74) is 1.40. The Kier molecular flexibility index (Phi) is 5.12. The van der Waals surface area contributed by atoms with E-state index in [0.29, 0.717) is 12.2 Å². The Hall–Kier alpha value is -1.35. The van der Waals surface area contributed by atoms with Crippen LogP contribution in [0.1, 0.15) is 43.6 Å². The Morgan fingerprint density at radius 2 is 1.95 bits per heavy atom. The molecule has 1 atom stereocenters. The summed E-state index contributed by atoms with van der Waals surface area (Å²) in [6.07, 6.45) is -0.426. The number of hydrogen-bond acceptors (Lipinski definition) is 3. The molecule has 0 saturated heterocycles. The highest BCUT2D eigenvalue weighted by Gasteiger charge is 2.33. The van der Waals surface area contributed by atoms with E-state index in [1.54, 1.807) is 7.11 Å². The van der Waals surface area contributed by atoms with E-state index in [2.05, 4.69) is 0 Å². The number of Topliss-reactive ketones (excluding diaryl/α,β-unsaturated/α-hetero) is 1. The first kappa shape index (κ1) is 15.7. The maximum absolute atomic E-state index is 12.6. The first-order valence-corrected chi connectivity index (χ1v) is 6.61. The smallest absolute Gasteiger partial charge is 0.192 e. The van der Waals surface area contributed by atoms with Crippen LogP contribution in [-0.4, -0.2) is 25.6 Å². The Morgan fingerprint density at radius 1 is 1.32 bits per heavy atom. The Bertz CT molecular complexity index is 444. The summed E-state index contributed by atoms with van der Waals surface area (Å²) in [7, 11) is 1.62. The van der Waals surface area contributed by atoms with Gasteiger partial charge in [0.1, 0.15) is 11.9 Å². The van der Waals surface area contributed by atoms with Crippen LogP contribution < -0.4 is 4.74 Å². The van der Waals surface area contributed by atoms with Crippen molar-refractivity contribution >= 4 is 5.78 Å². The van der Waals surface area contributed by atoms with Crippen LogP contribution in [0.3, 0.4) is 0 Å². The molecule has 0 fully saturated rings. The lowest BCUT2D eigenvalue weighted by Crippen LogP contribution is -2.37. The summed E-state index contributed by atoms with van der Waals surface area (Å²) in [5, 5.41) is 0. The summed E-state index contributed by atoms with van der Waals surface area (Å²) in [5.74, 6) is 0.798. The topological polar surface area (TPSA) is 35.5 Å². The average Bonchev–Trinajstić information content (AvgIpc) is 2.33. The number of carbonyl (C=O) groups is 1. The second-order valence-corrected chi connectivity index (χ2v) is 5.75. The number of methoxy groups -OCH3 is 1. The van der Waals surface area contributed by atoms with Crippen molar-refractivity contribution in [3.8, 4) is 5.75 Å². The average molecular weight is 264 g/mol. The minimum Gasteiger partial charge on any atom is -0.497 e. The summed E-state index contributed by atoms with van der Waals surface area (Å²) in [4.78, 5) is 12.6. The van der Waals surface area contributed by atoms with Crippen LogP contribution in [0.25, 0.3) is 0 Å². The lowest BCUT2D eigenvalue weighted by atomic mass is 9.83. The standard InChI is InChI=1S/C16H24O3/c1-7-19-15(16(3,4)5)14(17)13-9-8-12(18-6)10-11(13)2/h8-10,15H,7H2,1-6H3. The van der Waals surface area contributed by atoms with Gasteiger partial charge in [-0.05, 0) is 43.0 Å². The highest BCUT2D eigenvalue weighted by Crippen LogP contribution is 2.27. The molecule has 1 aromatic carbocycles. The van der Waals surface area contributed by atoms with Gasteiger partial charge in [0, 0.05) is 12.2 Å². The number of ketones is 1. The molecular weight excluding hydrogens is 240 g/mol. The molecule has 1 rings (SSSR count). The van der Waals surface area contributed by atoms with E-state index in [-0.39, 0.29) is 11.2 Å². The summed E-state index contributed by atoms with van der Waals surface area (Å²) < 4.78 is 10.8. The highest BCUT2D eigenvalue weighted by atomic mass is 16.5. The molecule has 3 nitrogen and oxygen atoms in total. The van der Waals surface area contributed by atoms with Crippen molar-refractivity contribution in [3.63, 3.8) is 0 Å². The number of aryl methyl sites for hydroxylation is 1. The normalized spacial score (nSPS) is 13.2. The van der Waals surface area contributed by atoms with Gasteiger partial charge in [-0.1, -0.05) is 20.8 Å². The highest BCUT2D eigenvalue weighted by molar-refractivity contribution is 6.01. The molecule has 0 aliphatic rings. The fourth-order valence-corrected chi connectivity index (χ4v) is 2.07. The van der Waals surface area contributed by atoms with Crippen molar-refractivity contribution in [2.45, 2.75) is 40.7 Å². The fraction of sp³-hybridized carbons (Fsp3) is 0.562. The van der Waals surface area contributed by atoms with Gasteiger partial charge in [-0.15, -0.1) is 0 Å². The van der Waals surface area contributed by atoms with Crippen LogP contribution in [0.5, 0.6) is 5.75 Å². The van der Waals surface area contributed by atoms with Gasteiger partial charge in [0.2, 0.25) is 0 Å². The molecule has 0 radical (unpaired) electrons. The Morgan fingerprint density at radius 3 is 2.37 bits per heavy atom. The lowest BCUT2D eigenvalue weighted by Gasteiger charge is -2.29. The van der Waals surface area contributed by atoms with Crippen molar-refractivity contribution < 1.29 is 14.3 Å². The number of hydrogen-bond donors (Lipinski definition) is 0. The van der Waals surface area contributed by atoms with E-state index in [9.17, 15) is 4.79 Å². The molecule has 3 heteroatoms. The molecule has 0 amide bonds. The Balaban J connectivity index is 3.10. The van der Waals surface area contributed by atoms with E-state index in [4.69, 9.17) is 9.47 Å². The number of carbonyl (C=O) groups excluding carboxylic acids is 1. The van der Waals surface area contributed by atoms with Crippen molar-refractivity contribution in [1.29, 1.82) is 0 Å². The largest absolute Gasteiger partial charge is 0.497 e. The molecule has 0 spiro atoms. The maximum Gasteiger partial charge on any atom is 0.192 e. The molecule has 0 bridgehead atoms. The van der Waals surface area contributed by atoms with E-state index in [1.165, 1.54) is 0 Å². The summed E-state index contributed by atoms with van der Waals surface area (Å²) in [6, 6.07) is 5.50. The van der Waals surface area contributed by atoms with Gasteiger partial charge in [-0.25, -0.2) is 0 Å². The van der Waals surface area contributed by atoms with Crippen molar-refractivity contribution in [3.05, 3.63) is 29.3 Å². The van der Waals surface area contributed by atoms with Gasteiger partial charge in [0.05, 0.1) is 7.11 Å². The molecule has 0 N–H and O–H groups in total. The van der Waals surface area contributed by atoms with Gasteiger partial charge in [-0.3, -0.25) is 4.79 Å². The molecule has 1 unspecified atom stereocenters. The predicted molar refractivity (Wildman–Crippen MR) is 76.9 cm³/mol. The van der Waals surface area contributed by atoms with Crippen molar-refractivity contribution in [2.75, 3.05) is 13.7 Å². The van der Waals surface area contributed by atoms with E-state index >= 15 is 0 Å². The molecule has 106 valence electrons. The molecule has 0 aliphatic carbocycles. The minimum absolute atomic E-state index is 0.0366. The second kappa shape index (κ2) is 6.20. The first-order chi connectivity index (χ1) is 8.81. The summed E-state index contributed by atoms with van der Waals surface area (Å²) in [6.45, 7) is 10.4. The predicted octanol–water partition coefficient (Wildman–Crippen LogP) is 3.64. The number of benzene rings is 1. The van der Waals surface area contributed by atoms with Gasteiger partial charge in [0.25, 0.3) is 0 Å². The van der Waals surface area contributed by atoms with Crippen molar-refractivity contribution in [2.24, 2.45) is 5.41 Å².